The zero-order chi connectivity index (χ0) is 16.9. The number of carbonyl (C=O) groups is 1. The summed E-state index contributed by atoms with van der Waals surface area (Å²) in [7, 11) is 0. The zero-order valence-electron chi connectivity index (χ0n) is 13.0. The molecule has 3 rings (SSSR count). The highest BCUT2D eigenvalue weighted by atomic mass is 32.1. The zero-order valence-corrected chi connectivity index (χ0v) is 13.8. The predicted octanol–water partition coefficient (Wildman–Crippen LogP) is 2.70. The van der Waals surface area contributed by atoms with E-state index in [9.17, 15) is 13.6 Å². The van der Waals surface area contributed by atoms with Crippen molar-refractivity contribution in [2.75, 3.05) is 26.2 Å². The maximum absolute atomic E-state index is 12.8. The average molecular weight is 352 g/mol. The average Bonchev–Trinajstić information content (AvgIpc) is 3.25. The van der Waals surface area contributed by atoms with E-state index in [2.05, 4.69) is 4.98 Å². The Hall–Kier alpha value is -2.06. The van der Waals surface area contributed by atoms with Crippen molar-refractivity contribution in [1.29, 1.82) is 0 Å². The lowest BCUT2D eigenvalue weighted by atomic mass is 10.3. The summed E-state index contributed by atoms with van der Waals surface area (Å²) in [6.07, 6.45) is 6.08. The van der Waals surface area contributed by atoms with E-state index in [-0.39, 0.29) is 5.91 Å². The lowest BCUT2D eigenvalue weighted by Crippen LogP contribution is -2.48. The van der Waals surface area contributed by atoms with Gasteiger partial charge in [-0.25, -0.2) is 4.98 Å². The number of amides is 1. The van der Waals surface area contributed by atoms with Gasteiger partial charge in [-0.1, -0.05) is 6.07 Å². The lowest BCUT2D eigenvalue weighted by Gasteiger charge is -2.34. The van der Waals surface area contributed by atoms with Gasteiger partial charge in [0.25, 0.3) is 0 Å². The van der Waals surface area contributed by atoms with E-state index in [0.29, 0.717) is 38.5 Å². The van der Waals surface area contributed by atoms with E-state index in [4.69, 9.17) is 0 Å². The topological polar surface area (TPSA) is 41.4 Å². The van der Waals surface area contributed by atoms with Gasteiger partial charge in [-0.3, -0.25) is 14.3 Å². The second-order valence-corrected chi connectivity index (χ2v) is 6.46. The SMILES string of the molecule is O=C(C=Cc1cccs1)N1CCN(Cc2nccn2C(F)F)CC1. The van der Waals surface area contributed by atoms with Crippen LogP contribution in [0.1, 0.15) is 17.3 Å². The Morgan fingerprint density at radius 1 is 1.33 bits per heavy atom. The lowest BCUT2D eigenvalue weighted by molar-refractivity contribution is -0.127. The molecule has 0 atom stereocenters. The van der Waals surface area contributed by atoms with E-state index in [1.165, 1.54) is 12.4 Å². The van der Waals surface area contributed by atoms with Gasteiger partial charge < -0.3 is 4.90 Å². The van der Waals surface area contributed by atoms with E-state index in [0.717, 1.165) is 9.44 Å². The Balaban J connectivity index is 1.50. The normalized spacial score (nSPS) is 16.4. The number of thiophene rings is 1. The quantitative estimate of drug-likeness (QED) is 0.777. The Morgan fingerprint density at radius 3 is 2.79 bits per heavy atom. The summed E-state index contributed by atoms with van der Waals surface area (Å²) >= 11 is 1.58. The van der Waals surface area contributed by atoms with Crippen LogP contribution in [0.3, 0.4) is 0 Å². The largest absolute Gasteiger partial charge is 0.337 e. The van der Waals surface area contributed by atoms with Crippen LogP contribution < -0.4 is 0 Å². The maximum atomic E-state index is 12.8. The van der Waals surface area contributed by atoms with Gasteiger partial charge in [0.2, 0.25) is 5.91 Å². The number of hydrogen-bond donors (Lipinski definition) is 0. The van der Waals surface area contributed by atoms with Gasteiger partial charge in [0.1, 0.15) is 5.82 Å². The first-order chi connectivity index (χ1) is 11.6. The smallest absolute Gasteiger partial charge is 0.319 e. The molecular formula is C16H18F2N4OS. The van der Waals surface area contributed by atoms with E-state index < -0.39 is 6.55 Å². The number of alkyl halides is 2. The van der Waals surface area contributed by atoms with E-state index in [1.54, 1.807) is 22.3 Å². The molecule has 0 bridgehead atoms. The monoisotopic (exact) mass is 352 g/mol. The minimum atomic E-state index is -2.58. The molecule has 0 N–H and O–H groups in total. The third-order valence-electron chi connectivity index (χ3n) is 3.94. The molecule has 1 saturated heterocycles. The number of imidazole rings is 1. The van der Waals surface area contributed by atoms with Crippen LogP contribution in [0.15, 0.2) is 36.0 Å². The highest BCUT2D eigenvalue weighted by molar-refractivity contribution is 7.10. The molecule has 5 nitrogen and oxygen atoms in total. The minimum Gasteiger partial charge on any atom is -0.337 e. The van der Waals surface area contributed by atoms with Crippen molar-refractivity contribution in [1.82, 2.24) is 19.4 Å². The molecule has 2 aromatic rings. The first-order valence-corrected chi connectivity index (χ1v) is 8.54. The summed E-state index contributed by atoms with van der Waals surface area (Å²) in [6, 6.07) is 3.90. The Morgan fingerprint density at radius 2 is 2.12 bits per heavy atom. The van der Waals surface area contributed by atoms with Crippen LogP contribution in [-0.2, 0) is 11.3 Å². The van der Waals surface area contributed by atoms with Gasteiger partial charge in [0.15, 0.2) is 0 Å². The van der Waals surface area contributed by atoms with Gasteiger partial charge in [-0.05, 0) is 17.5 Å². The number of carbonyl (C=O) groups excluding carboxylic acids is 1. The fourth-order valence-corrected chi connectivity index (χ4v) is 3.23. The first kappa shape index (κ1) is 16.8. The number of halogens is 2. The molecule has 128 valence electrons. The summed E-state index contributed by atoms with van der Waals surface area (Å²) < 4.78 is 26.5. The molecule has 24 heavy (non-hydrogen) atoms. The van der Waals surface area contributed by atoms with Crippen LogP contribution >= 0.6 is 11.3 Å². The van der Waals surface area contributed by atoms with Crippen molar-refractivity contribution in [2.45, 2.75) is 13.1 Å². The van der Waals surface area contributed by atoms with Crippen LogP contribution in [0.5, 0.6) is 0 Å². The minimum absolute atomic E-state index is 0.0165. The highest BCUT2D eigenvalue weighted by Crippen LogP contribution is 2.15. The molecule has 2 aromatic heterocycles. The number of piperazine rings is 1. The van der Waals surface area contributed by atoms with E-state index in [1.807, 2.05) is 28.5 Å². The molecule has 8 heteroatoms. The van der Waals surface area contributed by atoms with Crippen LogP contribution in [0.4, 0.5) is 8.78 Å². The van der Waals surface area contributed by atoms with Crippen LogP contribution in [0.2, 0.25) is 0 Å². The highest BCUT2D eigenvalue weighted by Gasteiger charge is 2.21. The summed E-state index contributed by atoms with van der Waals surface area (Å²) in [5.41, 5.74) is 0. The molecule has 3 heterocycles. The van der Waals surface area contributed by atoms with Gasteiger partial charge in [0.05, 0.1) is 6.54 Å². The second kappa shape index (κ2) is 7.67. The molecule has 0 aromatic carbocycles. The van der Waals surface area contributed by atoms with Crippen molar-refractivity contribution in [3.05, 3.63) is 46.7 Å². The molecule has 1 aliphatic rings. The van der Waals surface area contributed by atoms with Crippen molar-refractivity contribution < 1.29 is 13.6 Å². The Bertz CT molecular complexity index is 691. The van der Waals surface area contributed by atoms with Crippen molar-refractivity contribution in [2.24, 2.45) is 0 Å². The van der Waals surface area contributed by atoms with Gasteiger partial charge in [0, 0.05) is 49.5 Å². The van der Waals surface area contributed by atoms with Gasteiger partial charge in [-0.2, -0.15) is 8.78 Å². The second-order valence-electron chi connectivity index (χ2n) is 5.48. The number of hydrogen-bond acceptors (Lipinski definition) is 4. The number of aromatic nitrogens is 2. The number of nitrogens with zero attached hydrogens (tertiary/aromatic N) is 4. The first-order valence-electron chi connectivity index (χ1n) is 7.66. The van der Waals surface area contributed by atoms with Crippen molar-refractivity contribution in [3.8, 4) is 0 Å². The summed E-state index contributed by atoms with van der Waals surface area (Å²) in [4.78, 5) is 21.0. The van der Waals surface area contributed by atoms with Gasteiger partial charge in [-0.15, -0.1) is 11.3 Å². The van der Waals surface area contributed by atoms with Crippen LogP contribution in [-0.4, -0.2) is 51.4 Å². The molecule has 1 fully saturated rings. The third-order valence-corrected chi connectivity index (χ3v) is 4.78. The summed E-state index contributed by atoms with van der Waals surface area (Å²) in [5, 5.41) is 1.96. The Kier molecular flexibility index (Phi) is 5.37. The maximum Gasteiger partial charge on any atom is 0.319 e. The summed E-state index contributed by atoms with van der Waals surface area (Å²) in [6.45, 7) is 0.257. The van der Waals surface area contributed by atoms with E-state index >= 15 is 0 Å². The molecular weight excluding hydrogens is 334 g/mol. The molecule has 0 radical (unpaired) electrons. The molecule has 0 aliphatic carbocycles. The molecule has 0 unspecified atom stereocenters. The van der Waals surface area contributed by atoms with Crippen molar-refractivity contribution in [3.63, 3.8) is 0 Å². The Labute approximate surface area is 142 Å². The third kappa shape index (κ3) is 4.07. The van der Waals surface area contributed by atoms with Crippen LogP contribution in [0, 0.1) is 0 Å². The fourth-order valence-electron chi connectivity index (χ4n) is 2.62. The standard InChI is InChI=1S/C16H18F2N4OS/c17-16(18)22-6-5-19-14(22)12-20-7-9-21(10-8-20)15(23)4-3-13-2-1-11-24-13/h1-6,11,16H,7-10,12H2. The molecule has 1 amide bonds. The van der Waals surface area contributed by atoms with Crippen LogP contribution in [0.25, 0.3) is 6.08 Å². The van der Waals surface area contributed by atoms with Crippen molar-refractivity contribution >= 4 is 23.3 Å². The van der Waals surface area contributed by atoms with Gasteiger partial charge >= 0.3 is 6.55 Å². The molecule has 0 spiro atoms. The fraction of sp³-hybridized carbons (Fsp3) is 0.375. The molecule has 0 saturated carbocycles. The molecule has 1 aliphatic heterocycles. The summed E-state index contributed by atoms with van der Waals surface area (Å²) in [5.74, 6) is 0.333. The number of rotatable bonds is 5. The predicted molar refractivity (Wildman–Crippen MR) is 88.7 cm³/mol.